The Labute approximate surface area is 92.7 Å². The molecule has 0 aliphatic rings. The van der Waals surface area contributed by atoms with Crippen LogP contribution >= 0.6 is 24.0 Å². The second kappa shape index (κ2) is 6.17. The third kappa shape index (κ3) is 3.08. The highest BCUT2D eigenvalue weighted by Gasteiger charge is 2.12. The van der Waals surface area contributed by atoms with Crippen LogP contribution in [0.25, 0.3) is 0 Å². The van der Waals surface area contributed by atoms with Gasteiger partial charge in [-0.15, -0.1) is 12.4 Å². The van der Waals surface area contributed by atoms with E-state index in [1.54, 1.807) is 6.07 Å². The topological polar surface area (TPSA) is 26.0 Å². The van der Waals surface area contributed by atoms with Crippen molar-refractivity contribution in [1.29, 1.82) is 0 Å². The van der Waals surface area contributed by atoms with Crippen LogP contribution in [-0.4, -0.2) is 6.67 Å². The molecule has 0 aliphatic heterocycles. The van der Waals surface area contributed by atoms with E-state index >= 15 is 0 Å². The molecule has 1 nitrogen and oxygen atoms in total. The molecular formula is C9H11Cl2F2N. The summed E-state index contributed by atoms with van der Waals surface area (Å²) in [5.74, 6) is -0.520. The Bertz CT molecular complexity index is 294. The molecular weight excluding hydrogens is 231 g/mol. The largest absolute Gasteiger partial charge is 0.324 e. The van der Waals surface area contributed by atoms with Crippen molar-refractivity contribution < 1.29 is 8.78 Å². The maximum atomic E-state index is 12.9. The molecule has 1 rings (SSSR count). The molecule has 14 heavy (non-hydrogen) atoms. The molecule has 0 saturated heterocycles. The van der Waals surface area contributed by atoms with Gasteiger partial charge < -0.3 is 5.73 Å². The maximum Gasteiger partial charge on any atom is 0.142 e. The summed E-state index contributed by atoms with van der Waals surface area (Å²) >= 11 is 5.65. The van der Waals surface area contributed by atoms with Crippen molar-refractivity contribution in [3.05, 3.63) is 34.6 Å². The molecule has 0 fully saturated rings. The van der Waals surface area contributed by atoms with Crippen LogP contribution in [0.4, 0.5) is 8.78 Å². The zero-order valence-electron chi connectivity index (χ0n) is 7.34. The van der Waals surface area contributed by atoms with E-state index in [2.05, 4.69) is 0 Å². The predicted octanol–water partition coefficient (Wildman–Crippen LogP) is 3.26. The Morgan fingerprint density at radius 1 is 1.43 bits per heavy atom. The van der Waals surface area contributed by atoms with Gasteiger partial charge in [0.1, 0.15) is 5.82 Å². The van der Waals surface area contributed by atoms with Crippen molar-refractivity contribution in [2.75, 3.05) is 6.67 Å². The molecule has 0 amide bonds. The fraction of sp³-hybridized carbons (Fsp3) is 0.333. The molecule has 5 heteroatoms. The zero-order valence-corrected chi connectivity index (χ0v) is 8.92. The van der Waals surface area contributed by atoms with Gasteiger partial charge in [0.05, 0.1) is 11.7 Å². The summed E-state index contributed by atoms with van der Waals surface area (Å²) in [6.07, 6.45) is 0.156. The van der Waals surface area contributed by atoms with Gasteiger partial charge in [0.15, 0.2) is 0 Å². The molecule has 1 aromatic carbocycles. The fourth-order valence-electron chi connectivity index (χ4n) is 1.08. The van der Waals surface area contributed by atoms with Gasteiger partial charge in [-0.1, -0.05) is 23.7 Å². The quantitative estimate of drug-likeness (QED) is 0.864. The van der Waals surface area contributed by atoms with E-state index in [1.165, 1.54) is 12.1 Å². The first-order chi connectivity index (χ1) is 6.16. The van der Waals surface area contributed by atoms with Crippen molar-refractivity contribution >= 4 is 24.0 Å². The van der Waals surface area contributed by atoms with Gasteiger partial charge in [-0.2, -0.15) is 0 Å². The average molecular weight is 242 g/mol. The summed E-state index contributed by atoms with van der Waals surface area (Å²) in [4.78, 5) is 0. The van der Waals surface area contributed by atoms with Gasteiger partial charge in [-0.3, -0.25) is 4.39 Å². The minimum absolute atomic E-state index is 0. The Balaban J connectivity index is 0.00000169. The Morgan fingerprint density at radius 2 is 2.07 bits per heavy atom. The molecule has 1 aromatic rings. The lowest BCUT2D eigenvalue weighted by atomic mass is 10.1. The molecule has 80 valence electrons. The van der Waals surface area contributed by atoms with E-state index in [0.717, 1.165) is 0 Å². The lowest BCUT2D eigenvalue weighted by Gasteiger charge is -2.11. The van der Waals surface area contributed by atoms with E-state index in [0.29, 0.717) is 5.56 Å². The summed E-state index contributed by atoms with van der Waals surface area (Å²) in [7, 11) is 0. The molecule has 0 unspecified atom stereocenters. The first kappa shape index (κ1) is 13.6. The fourth-order valence-corrected chi connectivity index (χ4v) is 1.35. The predicted molar refractivity (Wildman–Crippen MR) is 56.2 cm³/mol. The van der Waals surface area contributed by atoms with Gasteiger partial charge in [0.2, 0.25) is 0 Å². The van der Waals surface area contributed by atoms with Crippen LogP contribution in [0.3, 0.4) is 0 Å². The normalized spacial score (nSPS) is 12.0. The Kier molecular flexibility index (Phi) is 6.00. The first-order valence-electron chi connectivity index (χ1n) is 3.92. The zero-order chi connectivity index (χ0) is 9.84. The van der Waals surface area contributed by atoms with E-state index in [9.17, 15) is 8.78 Å². The SMILES string of the molecule is Cl.N[C@@H](CCF)c1cccc(F)c1Cl. The Hall–Kier alpha value is -0.380. The van der Waals surface area contributed by atoms with E-state index < -0.39 is 18.5 Å². The summed E-state index contributed by atoms with van der Waals surface area (Å²) in [5, 5.41) is -0.0107. The van der Waals surface area contributed by atoms with Crippen LogP contribution in [0, 0.1) is 5.82 Å². The minimum atomic E-state index is -0.534. The smallest absolute Gasteiger partial charge is 0.142 e. The molecule has 0 heterocycles. The van der Waals surface area contributed by atoms with E-state index in [1.807, 2.05) is 0 Å². The number of benzene rings is 1. The molecule has 0 spiro atoms. The number of alkyl halides is 1. The lowest BCUT2D eigenvalue weighted by Crippen LogP contribution is -2.11. The van der Waals surface area contributed by atoms with Crippen LogP contribution in [0.5, 0.6) is 0 Å². The monoisotopic (exact) mass is 241 g/mol. The van der Waals surface area contributed by atoms with Gasteiger partial charge in [0, 0.05) is 6.04 Å². The van der Waals surface area contributed by atoms with Crippen LogP contribution in [0.15, 0.2) is 18.2 Å². The highest BCUT2D eigenvalue weighted by Crippen LogP contribution is 2.25. The second-order valence-corrected chi connectivity index (χ2v) is 3.11. The summed E-state index contributed by atoms with van der Waals surface area (Å²) in [5.41, 5.74) is 6.04. The number of rotatable bonds is 3. The Morgan fingerprint density at radius 3 is 2.64 bits per heavy atom. The lowest BCUT2D eigenvalue weighted by molar-refractivity contribution is 0.441. The molecule has 2 N–H and O–H groups in total. The van der Waals surface area contributed by atoms with E-state index in [-0.39, 0.29) is 23.9 Å². The van der Waals surface area contributed by atoms with Gasteiger partial charge in [-0.05, 0) is 18.1 Å². The van der Waals surface area contributed by atoms with Gasteiger partial charge in [0.25, 0.3) is 0 Å². The summed E-state index contributed by atoms with van der Waals surface area (Å²) < 4.78 is 24.8. The minimum Gasteiger partial charge on any atom is -0.324 e. The van der Waals surface area contributed by atoms with Crippen LogP contribution in [-0.2, 0) is 0 Å². The van der Waals surface area contributed by atoms with Crippen molar-refractivity contribution in [3.63, 3.8) is 0 Å². The third-order valence-corrected chi connectivity index (χ3v) is 2.20. The first-order valence-corrected chi connectivity index (χ1v) is 4.30. The molecule has 0 aliphatic carbocycles. The van der Waals surface area contributed by atoms with Crippen molar-refractivity contribution in [3.8, 4) is 0 Å². The van der Waals surface area contributed by atoms with E-state index in [4.69, 9.17) is 17.3 Å². The molecule has 0 aromatic heterocycles. The second-order valence-electron chi connectivity index (χ2n) is 2.73. The number of hydrogen-bond donors (Lipinski definition) is 1. The summed E-state index contributed by atoms with van der Waals surface area (Å²) in [6, 6.07) is 3.82. The third-order valence-electron chi connectivity index (χ3n) is 1.80. The van der Waals surface area contributed by atoms with Crippen molar-refractivity contribution in [2.24, 2.45) is 5.73 Å². The highest BCUT2D eigenvalue weighted by molar-refractivity contribution is 6.31. The van der Waals surface area contributed by atoms with Gasteiger partial charge >= 0.3 is 0 Å². The molecule has 0 saturated carbocycles. The number of hydrogen-bond acceptors (Lipinski definition) is 1. The van der Waals surface area contributed by atoms with Crippen LogP contribution in [0.1, 0.15) is 18.0 Å². The summed E-state index contributed by atoms with van der Waals surface area (Å²) in [6.45, 7) is -0.534. The average Bonchev–Trinajstić information content (AvgIpc) is 2.10. The van der Waals surface area contributed by atoms with Crippen molar-refractivity contribution in [2.45, 2.75) is 12.5 Å². The maximum absolute atomic E-state index is 12.9. The van der Waals surface area contributed by atoms with Crippen LogP contribution < -0.4 is 5.73 Å². The molecule has 1 atom stereocenters. The van der Waals surface area contributed by atoms with Crippen LogP contribution in [0.2, 0.25) is 5.02 Å². The molecule has 0 bridgehead atoms. The number of halogens is 4. The molecule has 0 radical (unpaired) electrons. The standard InChI is InChI=1S/C9H10ClF2N.ClH/c10-9-6(8(13)4-5-11)2-1-3-7(9)12;/h1-3,8H,4-5,13H2;1H/t8-;/m0./s1. The number of nitrogens with two attached hydrogens (primary N) is 1. The van der Waals surface area contributed by atoms with Gasteiger partial charge in [-0.25, -0.2) is 4.39 Å². The van der Waals surface area contributed by atoms with Crippen molar-refractivity contribution in [1.82, 2.24) is 0 Å². The highest BCUT2D eigenvalue weighted by atomic mass is 35.5.